The Morgan fingerprint density at radius 3 is 2.44 bits per heavy atom. The molecule has 0 radical (unpaired) electrons. The van der Waals surface area contributed by atoms with Gasteiger partial charge in [-0.05, 0) is 39.3 Å². The third-order valence-electron chi connectivity index (χ3n) is 4.43. The summed E-state index contributed by atoms with van der Waals surface area (Å²) >= 11 is 0. The lowest BCUT2D eigenvalue weighted by atomic mass is 10.0. The van der Waals surface area contributed by atoms with E-state index in [1.807, 2.05) is 51.1 Å². The Kier molecular flexibility index (Phi) is 5.16. The van der Waals surface area contributed by atoms with E-state index < -0.39 is 0 Å². The largest absolute Gasteiger partial charge is 0.349 e. The molecule has 0 fully saturated rings. The van der Waals surface area contributed by atoms with Gasteiger partial charge in [-0.1, -0.05) is 29.8 Å². The van der Waals surface area contributed by atoms with Gasteiger partial charge in [0, 0.05) is 18.3 Å². The number of carbonyl (C=O) groups excluding carboxylic acids is 1. The second kappa shape index (κ2) is 7.53. The van der Waals surface area contributed by atoms with Crippen molar-refractivity contribution >= 4 is 17.2 Å². The number of anilines is 2. The molecule has 0 unspecified atom stereocenters. The van der Waals surface area contributed by atoms with E-state index in [9.17, 15) is 9.59 Å². The summed E-state index contributed by atoms with van der Waals surface area (Å²) in [7, 11) is 0. The number of hydrogen-bond acceptors (Lipinski definition) is 5. The number of carbonyl (C=O) groups is 1. The maximum Gasteiger partial charge on any atom is 0.291 e. The van der Waals surface area contributed by atoms with Crippen molar-refractivity contribution in [2.75, 3.05) is 5.32 Å². The fraction of sp³-hybridized carbons (Fsp3) is 0.238. The van der Waals surface area contributed by atoms with E-state index in [1.54, 1.807) is 12.4 Å². The van der Waals surface area contributed by atoms with E-state index in [0.717, 1.165) is 16.7 Å². The summed E-state index contributed by atoms with van der Waals surface area (Å²) in [4.78, 5) is 29.6. The third kappa shape index (κ3) is 3.65. The molecule has 3 aromatic rings. The number of aryl methyl sites for hydroxylation is 3. The molecule has 3 rings (SSSR count). The summed E-state index contributed by atoms with van der Waals surface area (Å²) in [6, 6.07) is 9.58. The minimum atomic E-state index is -0.332. The Bertz CT molecular complexity index is 1050. The van der Waals surface area contributed by atoms with Crippen molar-refractivity contribution in [2.45, 2.75) is 34.2 Å². The highest BCUT2D eigenvalue weighted by molar-refractivity contribution is 6.05. The second-order valence-electron chi connectivity index (χ2n) is 6.46. The molecule has 6 heteroatoms. The second-order valence-corrected chi connectivity index (χ2v) is 6.46. The van der Waals surface area contributed by atoms with Crippen LogP contribution in [-0.2, 0) is 6.54 Å². The maximum atomic E-state index is 12.9. The summed E-state index contributed by atoms with van der Waals surface area (Å²) in [5.74, 6) is -0.220. The van der Waals surface area contributed by atoms with Crippen molar-refractivity contribution in [3.63, 3.8) is 0 Å². The van der Waals surface area contributed by atoms with Crippen LogP contribution in [0.5, 0.6) is 0 Å². The van der Waals surface area contributed by atoms with E-state index in [1.165, 1.54) is 11.6 Å². The van der Waals surface area contributed by atoms with E-state index >= 15 is 0 Å². The first-order chi connectivity index (χ1) is 12.9. The van der Waals surface area contributed by atoms with Gasteiger partial charge in [-0.15, -0.1) is 0 Å². The van der Waals surface area contributed by atoms with E-state index in [0.29, 0.717) is 17.9 Å². The first-order valence-corrected chi connectivity index (χ1v) is 8.83. The summed E-state index contributed by atoms with van der Waals surface area (Å²) in [6.45, 7) is 7.61. The van der Waals surface area contributed by atoms with Crippen molar-refractivity contribution in [1.29, 1.82) is 0 Å². The van der Waals surface area contributed by atoms with Gasteiger partial charge in [0.1, 0.15) is 11.4 Å². The zero-order valence-electron chi connectivity index (χ0n) is 15.9. The van der Waals surface area contributed by atoms with Gasteiger partial charge in [0.25, 0.3) is 5.56 Å². The molecule has 2 heterocycles. The molecule has 0 aliphatic carbocycles. The smallest absolute Gasteiger partial charge is 0.291 e. The molecule has 6 nitrogen and oxygen atoms in total. The zero-order chi connectivity index (χ0) is 19.6. The summed E-state index contributed by atoms with van der Waals surface area (Å²) < 4.78 is 1.37. The van der Waals surface area contributed by atoms with E-state index in [4.69, 9.17) is 0 Å². The van der Waals surface area contributed by atoms with Gasteiger partial charge in [0.05, 0.1) is 17.4 Å². The van der Waals surface area contributed by atoms with Crippen LogP contribution in [0.15, 0.2) is 47.5 Å². The zero-order valence-corrected chi connectivity index (χ0v) is 15.9. The molecule has 0 atom stereocenters. The molecular formula is C21H22N4O2. The topological polar surface area (TPSA) is 76.9 Å². The van der Waals surface area contributed by atoms with Gasteiger partial charge in [-0.2, -0.15) is 5.10 Å². The van der Waals surface area contributed by atoms with Crippen molar-refractivity contribution in [3.05, 3.63) is 69.8 Å². The molecule has 138 valence electrons. The molecular weight excluding hydrogens is 340 g/mol. The van der Waals surface area contributed by atoms with Crippen LogP contribution in [0.1, 0.15) is 35.3 Å². The molecule has 0 aliphatic rings. The average Bonchev–Trinajstić information content (AvgIpc) is 2.65. The number of hydrogen-bond donors (Lipinski definition) is 1. The number of rotatable bonds is 5. The normalized spacial score (nSPS) is 10.7. The Hall–Kier alpha value is -3.28. The van der Waals surface area contributed by atoms with Gasteiger partial charge in [0.15, 0.2) is 5.78 Å². The summed E-state index contributed by atoms with van der Waals surface area (Å²) in [6.07, 6.45) is 3.32. The molecule has 27 heavy (non-hydrogen) atoms. The first kappa shape index (κ1) is 18.5. The fourth-order valence-electron chi connectivity index (χ4n) is 2.89. The van der Waals surface area contributed by atoms with Crippen molar-refractivity contribution in [1.82, 2.24) is 14.8 Å². The van der Waals surface area contributed by atoms with Crippen molar-refractivity contribution in [3.8, 4) is 11.3 Å². The molecule has 1 aromatic carbocycles. The standard InChI is InChI=1S/C21H22N4O2/c1-5-25-21(27)20(23-17-12-22-11-10-14(17)3)18(15(4)26)19(24-25)16-8-6-13(2)7-9-16/h6-12,23H,5H2,1-4H3. The first-order valence-electron chi connectivity index (χ1n) is 8.83. The number of aromatic nitrogens is 3. The number of nitrogens with zero attached hydrogens (tertiary/aromatic N) is 3. The van der Waals surface area contributed by atoms with Gasteiger partial charge in [0.2, 0.25) is 0 Å². The average molecular weight is 362 g/mol. The molecule has 0 aliphatic heterocycles. The van der Waals surface area contributed by atoms with Crippen LogP contribution in [0.2, 0.25) is 0 Å². The Labute approximate surface area is 157 Å². The highest BCUT2D eigenvalue weighted by atomic mass is 16.1. The Morgan fingerprint density at radius 2 is 1.85 bits per heavy atom. The van der Waals surface area contributed by atoms with Crippen LogP contribution in [-0.4, -0.2) is 20.5 Å². The molecule has 2 aromatic heterocycles. The van der Waals surface area contributed by atoms with Crippen LogP contribution in [0.25, 0.3) is 11.3 Å². The molecule has 1 N–H and O–H groups in total. The van der Waals surface area contributed by atoms with Gasteiger partial charge in [-0.3, -0.25) is 14.6 Å². The number of nitrogens with one attached hydrogen (secondary N) is 1. The number of pyridine rings is 1. The van der Waals surface area contributed by atoms with Crippen LogP contribution in [0.3, 0.4) is 0 Å². The van der Waals surface area contributed by atoms with E-state index in [2.05, 4.69) is 15.4 Å². The lowest BCUT2D eigenvalue weighted by molar-refractivity contribution is 0.101. The van der Waals surface area contributed by atoms with Gasteiger partial charge < -0.3 is 5.32 Å². The highest BCUT2D eigenvalue weighted by Crippen LogP contribution is 2.28. The summed E-state index contributed by atoms with van der Waals surface area (Å²) in [5.41, 5.74) is 4.18. The molecule has 0 amide bonds. The number of Topliss-reactive ketones (excluding diaryl/α,β-unsaturated/α-hetero) is 1. The highest BCUT2D eigenvalue weighted by Gasteiger charge is 2.22. The Balaban J connectivity index is 2.29. The van der Waals surface area contributed by atoms with Crippen LogP contribution >= 0.6 is 0 Å². The van der Waals surface area contributed by atoms with E-state index in [-0.39, 0.29) is 22.6 Å². The van der Waals surface area contributed by atoms with Crippen LogP contribution in [0.4, 0.5) is 11.4 Å². The quantitative estimate of drug-likeness (QED) is 0.697. The molecule has 0 spiro atoms. The lowest BCUT2D eigenvalue weighted by Crippen LogP contribution is -2.28. The minimum absolute atomic E-state index is 0.220. The van der Waals surface area contributed by atoms with Crippen molar-refractivity contribution in [2.24, 2.45) is 0 Å². The maximum absolute atomic E-state index is 12.9. The summed E-state index contributed by atoms with van der Waals surface area (Å²) in [5, 5.41) is 7.59. The fourth-order valence-corrected chi connectivity index (χ4v) is 2.89. The number of benzene rings is 1. The van der Waals surface area contributed by atoms with Crippen LogP contribution < -0.4 is 10.9 Å². The van der Waals surface area contributed by atoms with Crippen LogP contribution in [0, 0.1) is 13.8 Å². The minimum Gasteiger partial charge on any atom is -0.349 e. The van der Waals surface area contributed by atoms with Gasteiger partial charge in [-0.25, -0.2) is 4.68 Å². The Morgan fingerprint density at radius 1 is 1.15 bits per heavy atom. The van der Waals surface area contributed by atoms with Gasteiger partial charge >= 0.3 is 0 Å². The molecule has 0 bridgehead atoms. The predicted molar refractivity (Wildman–Crippen MR) is 107 cm³/mol. The monoisotopic (exact) mass is 362 g/mol. The SMILES string of the molecule is CCn1nc(-c2ccc(C)cc2)c(C(C)=O)c(Nc2cnccc2C)c1=O. The molecule has 0 saturated heterocycles. The predicted octanol–water partition coefficient (Wildman–Crippen LogP) is 3.89. The molecule has 0 saturated carbocycles. The third-order valence-corrected chi connectivity index (χ3v) is 4.43. The lowest BCUT2D eigenvalue weighted by Gasteiger charge is -2.17. The number of ketones is 1. The van der Waals surface area contributed by atoms with Crippen molar-refractivity contribution < 1.29 is 4.79 Å².